The van der Waals surface area contributed by atoms with E-state index in [0.717, 1.165) is 32.3 Å². The molecule has 2 fully saturated rings. The van der Waals surface area contributed by atoms with E-state index in [1.54, 1.807) is 0 Å². The lowest BCUT2D eigenvalue weighted by molar-refractivity contribution is -0.146. The minimum Gasteiger partial charge on any atom is -0.375 e. The van der Waals surface area contributed by atoms with Crippen molar-refractivity contribution in [1.82, 2.24) is 0 Å². The van der Waals surface area contributed by atoms with Gasteiger partial charge < -0.3 is 15.2 Å². The summed E-state index contributed by atoms with van der Waals surface area (Å²) in [6, 6.07) is 0. The fraction of sp³-hybridized carbons (Fsp3) is 0.929. The molecule has 4 nitrogen and oxygen atoms in total. The number of Topliss-reactive ketones (excluding diaryl/α,β-unsaturated/α-hetero) is 1. The highest BCUT2D eigenvalue weighted by atomic mass is 16.5. The quantitative estimate of drug-likeness (QED) is 0.759. The molecular weight excluding hydrogens is 230 g/mol. The molecule has 0 radical (unpaired) electrons. The summed E-state index contributed by atoms with van der Waals surface area (Å²) in [5.74, 6) is 0.367. The highest BCUT2D eigenvalue weighted by molar-refractivity contribution is 5.82. The summed E-state index contributed by atoms with van der Waals surface area (Å²) >= 11 is 0. The number of hydrogen-bond acceptors (Lipinski definition) is 4. The van der Waals surface area contributed by atoms with E-state index in [9.17, 15) is 4.79 Å². The van der Waals surface area contributed by atoms with Gasteiger partial charge in [-0.3, -0.25) is 4.79 Å². The Bertz CT molecular complexity index is 269. The van der Waals surface area contributed by atoms with Crippen LogP contribution >= 0.6 is 0 Å². The molecule has 1 saturated heterocycles. The third-order valence-corrected chi connectivity index (χ3v) is 4.22. The van der Waals surface area contributed by atoms with Crippen molar-refractivity contribution in [2.75, 3.05) is 26.4 Å². The van der Waals surface area contributed by atoms with Crippen molar-refractivity contribution in [3.63, 3.8) is 0 Å². The molecule has 4 heteroatoms. The van der Waals surface area contributed by atoms with Gasteiger partial charge in [0.25, 0.3) is 0 Å². The molecule has 1 aliphatic heterocycles. The summed E-state index contributed by atoms with van der Waals surface area (Å²) in [5.41, 5.74) is 5.35. The van der Waals surface area contributed by atoms with Crippen LogP contribution in [0.25, 0.3) is 0 Å². The van der Waals surface area contributed by atoms with E-state index in [-0.39, 0.29) is 23.9 Å². The van der Waals surface area contributed by atoms with Gasteiger partial charge in [0.2, 0.25) is 0 Å². The Morgan fingerprint density at radius 2 is 2.11 bits per heavy atom. The zero-order valence-corrected chi connectivity index (χ0v) is 11.2. The second kappa shape index (κ2) is 6.64. The first-order valence-electron chi connectivity index (χ1n) is 7.20. The molecule has 1 spiro atoms. The Labute approximate surface area is 109 Å². The van der Waals surface area contributed by atoms with E-state index in [1.165, 1.54) is 19.3 Å². The van der Waals surface area contributed by atoms with Crippen molar-refractivity contribution in [2.24, 2.45) is 11.7 Å². The van der Waals surface area contributed by atoms with Crippen molar-refractivity contribution in [3.05, 3.63) is 0 Å². The number of ether oxygens (including phenoxy) is 2. The first-order valence-corrected chi connectivity index (χ1v) is 7.20. The Hall–Kier alpha value is -0.450. The molecule has 0 aromatic heterocycles. The van der Waals surface area contributed by atoms with Crippen LogP contribution in [0, 0.1) is 5.92 Å². The van der Waals surface area contributed by atoms with E-state index in [4.69, 9.17) is 15.2 Å². The standard InChI is InChI=1S/C14H25NO3/c15-7-9-17-11-13(16)12-4-8-18-14(10-12)5-2-1-3-6-14/h12H,1-11,15H2. The van der Waals surface area contributed by atoms with Gasteiger partial charge in [0.1, 0.15) is 6.61 Å². The lowest BCUT2D eigenvalue weighted by Gasteiger charge is -2.43. The minimum atomic E-state index is 0.00466. The molecule has 2 aliphatic rings. The highest BCUT2D eigenvalue weighted by Gasteiger charge is 2.40. The first-order chi connectivity index (χ1) is 8.76. The Kier molecular flexibility index (Phi) is 5.15. The molecule has 18 heavy (non-hydrogen) atoms. The maximum Gasteiger partial charge on any atom is 0.161 e. The maximum absolute atomic E-state index is 12.1. The van der Waals surface area contributed by atoms with Gasteiger partial charge >= 0.3 is 0 Å². The van der Waals surface area contributed by atoms with Gasteiger partial charge in [0, 0.05) is 19.1 Å². The average molecular weight is 255 g/mol. The topological polar surface area (TPSA) is 61.5 Å². The van der Waals surface area contributed by atoms with Gasteiger partial charge in [-0.05, 0) is 25.7 Å². The molecule has 0 bridgehead atoms. The van der Waals surface area contributed by atoms with Crippen LogP contribution in [-0.4, -0.2) is 37.7 Å². The van der Waals surface area contributed by atoms with Crippen molar-refractivity contribution < 1.29 is 14.3 Å². The van der Waals surface area contributed by atoms with Crippen LogP contribution in [0.1, 0.15) is 44.9 Å². The zero-order chi connectivity index (χ0) is 12.8. The molecule has 1 unspecified atom stereocenters. The summed E-state index contributed by atoms with van der Waals surface area (Å²) in [7, 11) is 0. The van der Waals surface area contributed by atoms with Gasteiger partial charge in [-0.2, -0.15) is 0 Å². The molecule has 0 amide bonds. The van der Waals surface area contributed by atoms with E-state index in [1.807, 2.05) is 0 Å². The lowest BCUT2D eigenvalue weighted by atomic mass is 9.75. The van der Waals surface area contributed by atoms with E-state index < -0.39 is 0 Å². The smallest absolute Gasteiger partial charge is 0.161 e. The van der Waals surface area contributed by atoms with Gasteiger partial charge in [0.05, 0.1) is 12.2 Å². The summed E-state index contributed by atoms with van der Waals surface area (Å²) in [4.78, 5) is 12.1. The zero-order valence-electron chi connectivity index (χ0n) is 11.2. The average Bonchev–Trinajstić information content (AvgIpc) is 2.40. The molecule has 104 valence electrons. The first kappa shape index (κ1) is 14.0. The highest BCUT2D eigenvalue weighted by Crippen LogP contribution is 2.40. The van der Waals surface area contributed by atoms with Crippen LogP contribution in [0.5, 0.6) is 0 Å². The van der Waals surface area contributed by atoms with Gasteiger partial charge in [-0.25, -0.2) is 0 Å². The van der Waals surface area contributed by atoms with Crippen molar-refractivity contribution in [3.8, 4) is 0 Å². The Balaban J connectivity index is 1.83. The Morgan fingerprint density at radius 3 is 2.83 bits per heavy atom. The predicted molar refractivity (Wildman–Crippen MR) is 69.4 cm³/mol. The number of hydrogen-bond donors (Lipinski definition) is 1. The monoisotopic (exact) mass is 255 g/mol. The fourth-order valence-electron chi connectivity index (χ4n) is 3.22. The molecule has 2 N–H and O–H groups in total. The molecule has 1 atom stereocenters. The third kappa shape index (κ3) is 3.53. The third-order valence-electron chi connectivity index (χ3n) is 4.22. The molecule has 0 aromatic carbocycles. The van der Waals surface area contributed by atoms with Gasteiger partial charge in [-0.1, -0.05) is 19.3 Å². The summed E-state index contributed by atoms with van der Waals surface area (Å²) in [6.45, 7) is 1.90. The summed E-state index contributed by atoms with van der Waals surface area (Å²) < 4.78 is 11.3. The lowest BCUT2D eigenvalue weighted by Crippen LogP contribution is -2.44. The van der Waals surface area contributed by atoms with Crippen LogP contribution in [0.2, 0.25) is 0 Å². The number of carbonyl (C=O) groups is 1. The largest absolute Gasteiger partial charge is 0.375 e. The van der Waals surface area contributed by atoms with Gasteiger partial charge in [0.15, 0.2) is 5.78 Å². The molecule has 1 aliphatic carbocycles. The second-order valence-corrected chi connectivity index (χ2v) is 5.59. The number of rotatable bonds is 5. The number of carbonyl (C=O) groups excluding carboxylic acids is 1. The summed E-state index contributed by atoms with van der Waals surface area (Å²) in [5, 5.41) is 0. The minimum absolute atomic E-state index is 0.00466. The molecule has 2 rings (SSSR count). The van der Waals surface area contributed by atoms with Crippen LogP contribution < -0.4 is 5.73 Å². The van der Waals surface area contributed by atoms with Crippen LogP contribution in [0.15, 0.2) is 0 Å². The van der Waals surface area contributed by atoms with Crippen LogP contribution in [0.3, 0.4) is 0 Å². The van der Waals surface area contributed by atoms with Crippen molar-refractivity contribution in [1.29, 1.82) is 0 Å². The number of nitrogens with two attached hydrogens (primary N) is 1. The summed E-state index contributed by atoms with van der Waals surface area (Å²) in [6.07, 6.45) is 7.80. The van der Waals surface area contributed by atoms with Crippen LogP contribution in [0.4, 0.5) is 0 Å². The van der Waals surface area contributed by atoms with Crippen molar-refractivity contribution >= 4 is 5.78 Å². The van der Waals surface area contributed by atoms with E-state index in [0.29, 0.717) is 13.2 Å². The Morgan fingerprint density at radius 1 is 1.33 bits per heavy atom. The van der Waals surface area contributed by atoms with Crippen molar-refractivity contribution in [2.45, 2.75) is 50.5 Å². The second-order valence-electron chi connectivity index (χ2n) is 5.59. The maximum atomic E-state index is 12.1. The molecule has 1 saturated carbocycles. The number of ketones is 1. The van der Waals surface area contributed by atoms with Gasteiger partial charge in [-0.15, -0.1) is 0 Å². The fourth-order valence-corrected chi connectivity index (χ4v) is 3.22. The predicted octanol–water partition coefficient (Wildman–Crippen LogP) is 1.66. The molecule has 0 aromatic rings. The van der Waals surface area contributed by atoms with E-state index >= 15 is 0 Å². The molecule has 1 heterocycles. The SMILES string of the molecule is NCCOCC(=O)C1CCOC2(CCCCC2)C1. The van der Waals surface area contributed by atoms with Crippen LogP contribution in [-0.2, 0) is 14.3 Å². The normalized spacial score (nSPS) is 27.3. The van der Waals surface area contributed by atoms with E-state index in [2.05, 4.69) is 0 Å². The molecular formula is C14H25NO3.